The lowest BCUT2D eigenvalue weighted by Gasteiger charge is -2.37. The number of halogens is 3. The maximum absolute atomic E-state index is 13.0. The topological polar surface area (TPSA) is 42.4 Å². The van der Waals surface area contributed by atoms with Crippen LogP contribution in [0.3, 0.4) is 0 Å². The molecule has 2 aliphatic heterocycles. The summed E-state index contributed by atoms with van der Waals surface area (Å²) in [5, 5.41) is 0.770. The highest BCUT2D eigenvalue weighted by atomic mass is 79.9. The van der Waals surface area contributed by atoms with Crippen LogP contribution >= 0.6 is 43.5 Å². The molecule has 0 spiro atoms. The Morgan fingerprint density at radius 3 is 2.67 bits per heavy atom. The number of ether oxygens (including phenoxy) is 1. The Morgan fingerprint density at radius 2 is 1.91 bits per heavy atom. The number of rotatable bonds is 3. The number of carbonyl (C=O) groups excluding carboxylic acids is 1. The van der Waals surface area contributed by atoms with Crippen molar-refractivity contribution in [3.8, 4) is 0 Å². The highest BCUT2D eigenvalue weighted by Crippen LogP contribution is 2.46. The van der Waals surface area contributed by atoms with Crippen LogP contribution in [0.5, 0.6) is 0 Å². The fourth-order valence-corrected chi connectivity index (χ4v) is 7.36. The first kappa shape index (κ1) is 23.8. The van der Waals surface area contributed by atoms with Crippen LogP contribution in [0.15, 0.2) is 33.3 Å². The predicted octanol–water partition coefficient (Wildman–Crippen LogP) is 6.55. The summed E-state index contributed by atoms with van der Waals surface area (Å²) in [7, 11) is 0. The molecular formula is C26H29Br2ClN2O2. The van der Waals surface area contributed by atoms with Gasteiger partial charge in [0.2, 0.25) is 5.91 Å². The Morgan fingerprint density at radius 1 is 1.12 bits per heavy atom. The molecule has 5 rings (SSSR count). The second kappa shape index (κ2) is 10.3. The molecule has 33 heavy (non-hydrogen) atoms. The van der Waals surface area contributed by atoms with Crippen LogP contribution < -0.4 is 0 Å². The Kier molecular flexibility index (Phi) is 7.46. The van der Waals surface area contributed by atoms with Crippen molar-refractivity contribution < 1.29 is 9.53 Å². The SMILES string of the molecule is O=C(CC1CCCOC1)N1CCC([C@H]2c3ncc(Br)cc3CCc3cc(Cl)cc(Br)c32)CC1. The fraction of sp³-hybridized carbons (Fsp3) is 0.538. The van der Waals surface area contributed by atoms with E-state index in [0.717, 1.165) is 78.8 Å². The molecule has 0 saturated carbocycles. The Bertz CT molecular complexity index is 1030. The lowest BCUT2D eigenvalue weighted by atomic mass is 9.76. The van der Waals surface area contributed by atoms with Gasteiger partial charge in [-0.2, -0.15) is 0 Å². The third-order valence-electron chi connectivity index (χ3n) is 7.50. The third-order valence-corrected chi connectivity index (χ3v) is 8.81. The van der Waals surface area contributed by atoms with Crippen LogP contribution in [0.25, 0.3) is 0 Å². The van der Waals surface area contributed by atoms with Crippen LogP contribution in [-0.4, -0.2) is 42.1 Å². The normalized spacial score (nSPS) is 23.5. The van der Waals surface area contributed by atoms with Gasteiger partial charge < -0.3 is 9.64 Å². The Balaban J connectivity index is 1.38. The number of piperidine rings is 1. The van der Waals surface area contributed by atoms with Crippen molar-refractivity contribution in [2.45, 2.75) is 50.9 Å². The van der Waals surface area contributed by atoms with Crippen LogP contribution in [-0.2, 0) is 22.4 Å². The first-order chi connectivity index (χ1) is 16.0. The first-order valence-corrected chi connectivity index (χ1v) is 13.9. The zero-order chi connectivity index (χ0) is 22.9. The smallest absolute Gasteiger partial charge is 0.222 e. The van der Waals surface area contributed by atoms with Gasteiger partial charge in [-0.1, -0.05) is 27.5 Å². The van der Waals surface area contributed by atoms with E-state index in [1.807, 2.05) is 12.3 Å². The van der Waals surface area contributed by atoms with Crippen molar-refractivity contribution in [1.29, 1.82) is 0 Å². The highest BCUT2D eigenvalue weighted by Gasteiger charge is 2.36. The number of hydrogen-bond donors (Lipinski definition) is 0. The van der Waals surface area contributed by atoms with E-state index in [0.29, 0.717) is 24.2 Å². The van der Waals surface area contributed by atoms with Gasteiger partial charge in [0.15, 0.2) is 0 Å². The molecule has 1 amide bonds. The van der Waals surface area contributed by atoms with E-state index < -0.39 is 0 Å². The van der Waals surface area contributed by atoms with Crippen molar-refractivity contribution >= 4 is 49.4 Å². The molecule has 176 valence electrons. The standard InChI is InChI=1S/C26H29Br2ClN2O2/c27-20-11-19-4-3-18-12-21(29)13-22(28)24(18)25(26(19)30-14-20)17-5-7-31(8-6-17)23(32)10-16-2-1-9-33-15-16/h11-14,16-17,25H,1-10,15H2/t16?,25-/m1/s1. The first-order valence-electron chi connectivity index (χ1n) is 12.0. The summed E-state index contributed by atoms with van der Waals surface area (Å²) in [5.74, 6) is 1.32. The molecule has 3 aliphatic rings. The number of benzene rings is 1. The number of aryl methyl sites for hydroxylation is 2. The average molecular weight is 597 g/mol. The monoisotopic (exact) mass is 594 g/mol. The number of carbonyl (C=O) groups is 1. The largest absolute Gasteiger partial charge is 0.381 e. The number of likely N-dealkylation sites (tertiary alicyclic amines) is 1. The quantitative estimate of drug-likeness (QED) is 0.404. The van der Waals surface area contributed by atoms with Crippen molar-refractivity contribution in [2.24, 2.45) is 11.8 Å². The fourth-order valence-electron chi connectivity index (χ4n) is 5.86. The van der Waals surface area contributed by atoms with E-state index in [2.05, 4.69) is 48.9 Å². The maximum atomic E-state index is 13.0. The second-order valence-corrected chi connectivity index (χ2v) is 11.8. The van der Waals surface area contributed by atoms with E-state index >= 15 is 0 Å². The zero-order valence-corrected chi connectivity index (χ0v) is 22.6. The van der Waals surface area contributed by atoms with E-state index in [1.165, 1.54) is 22.4 Å². The van der Waals surface area contributed by atoms with Crippen molar-refractivity contribution in [2.75, 3.05) is 26.3 Å². The van der Waals surface area contributed by atoms with E-state index in [9.17, 15) is 4.79 Å². The van der Waals surface area contributed by atoms with Gasteiger partial charge in [0.05, 0.1) is 5.69 Å². The van der Waals surface area contributed by atoms with Gasteiger partial charge in [-0.15, -0.1) is 0 Å². The molecule has 3 heterocycles. The Hall–Kier alpha value is -0.950. The summed E-state index contributed by atoms with van der Waals surface area (Å²) in [6.45, 7) is 3.21. The zero-order valence-electron chi connectivity index (χ0n) is 18.7. The number of amides is 1. The molecule has 0 bridgehead atoms. The van der Waals surface area contributed by atoms with Gasteiger partial charge in [0.25, 0.3) is 0 Å². The van der Waals surface area contributed by atoms with Crippen LogP contribution in [0, 0.1) is 11.8 Å². The molecule has 2 saturated heterocycles. The molecule has 2 aromatic rings. The van der Waals surface area contributed by atoms with Crippen LogP contribution in [0.2, 0.25) is 5.02 Å². The van der Waals surface area contributed by atoms with Crippen molar-refractivity contribution in [3.63, 3.8) is 0 Å². The van der Waals surface area contributed by atoms with Gasteiger partial charge in [0, 0.05) is 58.8 Å². The number of pyridine rings is 1. The van der Waals surface area contributed by atoms with Crippen molar-refractivity contribution in [1.82, 2.24) is 9.88 Å². The maximum Gasteiger partial charge on any atom is 0.222 e. The summed E-state index contributed by atoms with van der Waals surface area (Å²) >= 11 is 13.9. The molecule has 7 heteroatoms. The summed E-state index contributed by atoms with van der Waals surface area (Å²) in [4.78, 5) is 20.0. The minimum absolute atomic E-state index is 0.209. The third kappa shape index (κ3) is 5.19. The number of hydrogen-bond acceptors (Lipinski definition) is 3. The Labute approximate surface area is 217 Å². The van der Waals surface area contributed by atoms with Crippen molar-refractivity contribution in [3.05, 3.63) is 60.7 Å². The summed E-state index contributed by atoms with van der Waals surface area (Å²) in [6.07, 6.45) is 8.62. The van der Waals surface area contributed by atoms with Gasteiger partial charge in [0.1, 0.15) is 0 Å². The van der Waals surface area contributed by atoms with Crippen LogP contribution in [0.1, 0.15) is 60.4 Å². The molecule has 2 atom stereocenters. The highest BCUT2D eigenvalue weighted by molar-refractivity contribution is 9.10. The van der Waals surface area contributed by atoms with Crippen LogP contribution in [0.4, 0.5) is 0 Å². The molecule has 4 nitrogen and oxygen atoms in total. The number of aromatic nitrogens is 1. The number of nitrogens with zero attached hydrogens (tertiary/aromatic N) is 2. The molecule has 2 fully saturated rings. The van der Waals surface area contributed by atoms with Gasteiger partial charge in [-0.25, -0.2) is 0 Å². The molecule has 0 radical (unpaired) electrons. The predicted molar refractivity (Wildman–Crippen MR) is 138 cm³/mol. The summed E-state index contributed by atoms with van der Waals surface area (Å²) < 4.78 is 7.67. The van der Waals surface area contributed by atoms with Gasteiger partial charge in [-0.3, -0.25) is 9.78 Å². The molecule has 1 unspecified atom stereocenters. The summed E-state index contributed by atoms with van der Waals surface area (Å²) in [5.41, 5.74) is 5.13. The van der Waals surface area contributed by atoms with E-state index in [4.69, 9.17) is 21.3 Å². The molecule has 1 aromatic heterocycles. The number of fused-ring (bicyclic) bond motifs is 2. The average Bonchev–Trinajstić information content (AvgIpc) is 2.96. The minimum atomic E-state index is 0.209. The minimum Gasteiger partial charge on any atom is -0.381 e. The molecule has 1 aliphatic carbocycles. The van der Waals surface area contributed by atoms with Gasteiger partial charge in [-0.05, 0) is 101 Å². The molecule has 0 N–H and O–H groups in total. The second-order valence-electron chi connectivity index (χ2n) is 9.64. The summed E-state index contributed by atoms with van der Waals surface area (Å²) in [6, 6.07) is 6.37. The van der Waals surface area contributed by atoms with Gasteiger partial charge >= 0.3 is 0 Å². The molecular weight excluding hydrogens is 568 g/mol. The molecule has 1 aromatic carbocycles. The van der Waals surface area contributed by atoms with E-state index in [1.54, 1.807) is 0 Å². The lowest BCUT2D eigenvalue weighted by Crippen LogP contribution is -2.41. The lowest BCUT2D eigenvalue weighted by molar-refractivity contribution is -0.134. The van der Waals surface area contributed by atoms with E-state index in [-0.39, 0.29) is 5.92 Å².